The molecule has 0 bridgehead atoms. The van der Waals surface area contributed by atoms with Crippen LogP contribution >= 0.6 is 15.9 Å². The van der Waals surface area contributed by atoms with Crippen LogP contribution in [0.3, 0.4) is 0 Å². The Morgan fingerprint density at radius 1 is 1.42 bits per heavy atom. The third-order valence-electron chi connectivity index (χ3n) is 2.64. The number of rotatable bonds is 5. The molecule has 0 saturated carbocycles. The van der Waals surface area contributed by atoms with Gasteiger partial charge in [0.1, 0.15) is 0 Å². The average Bonchev–Trinajstić information content (AvgIpc) is 2.04. The van der Waals surface area contributed by atoms with E-state index in [9.17, 15) is 0 Å². The molecule has 0 saturated heterocycles. The van der Waals surface area contributed by atoms with Gasteiger partial charge in [0.2, 0.25) is 0 Å². The minimum Gasteiger partial charge on any atom is -0.300 e. The summed E-state index contributed by atoms with van der Waals surface area (Å²) in [5.41, 5.74) is 0.281. The van der Waals surface area contributed by atoms with Crippen LogP contribution in [0.25, 0.3) is 0 Å². The summed E-state index contributed by atoms with van der Waals surface area (Å²) >= 11 is 3.54. The number of alkyl halides is 1. The van der Waals surface area contributed by atoms with Crippen LogP contribution in [-0.4, -0.2) is 29.4 Å². The van der Waals surface area contributed by atoms with E-state index in [4.69, 9.17) is 0 Å². The van der Waals surface area contributed by atoms with Gasteiger partial charge in [0.15, 0.2) is 0 Å². The molecule has 2 heteroatoms. The number of hydrogen-bond donors (Lipinski definition) is 0. The van der Waals surface area contributed by atoms with E-state index in [-0.39, 0.29) is 5.54 Å². The van der Waals surface area contributed by atoms with Crippen LogP contribution in [-0.2, 0) is 0 Å². The molecule has 12 heavy (non-hydrogen) atoms. The first-order valence-electron chi connectivity index (χ1n) is 4.71. The van der Waals surface area contributed by atoms with E-state index >= 15 is 0 Å². The maximum absolute atomic E-state index is 3.54. The van der Waals surface area contributed by atoms with Crippen LogP contribution in [0.5, 0.6) is 0 Å². The molecule has 0 aromatic heterocycles. The SMILES string of the molecule is CCC(C)CN(C)C(C)(C)CBr. The minimum absolute atomic E-state index is 0.281. The van der Waals surface area contributed by atoms with Gasteiger partial charge in [-0.1, -0.05) is 36.2 Å². The first kappa shape index (κ1) is 12.4. The Kier molecular flexibility index (Phi) is 5.42. The zero-order chi connectivity index (χ0) is 9.78. The minimum atomic E-state index is 0.281. The number of halogens is 1. The van der Waals surface area contributed by atoms with Gasteiger partial charge in [-0.2, -0.15) is 0 Å². The van der Waals surface area contributed by atoms with Gasteiger partial charge in [-0.05, 0) is 26.8 Å². The molecule has 0 aliphatic heterocycles. The van der Waals surface area contributed by atoms with Crippen LogP contribution < -0.4 is 0 Å². The normalized spacial score (nSPS) is 15.2. The van der Waals surface area contributed by atoms with Crippen LogP contribution in [0.1, 0.15) is 34.1 Å². The molecule has 0 aromatic carbocycles. The first-order chi connectivity index (χ1) is 5.44. The zero-order valence-corrected chi connectivity index (χ0v) is 10.6. The lowest BCUT2D eigenvalue weighted by Crippen LogP contribution is -2.44. The van der Waals surface area contributed by atoms with Crippen molar-refractivity contribution < 1.29 is 0 Å². The summed E-state index contributed by atoms with van der Waals surface area (Å²) in [7, 11) is 2.20. The van der Waals surface area contributed by atoms with Crippen LogP contribution in [0, 0.1) is 5.92 Å². The summed E-state index contributed by atoms with van der Waals surface area (Å²) in [4.78, 5) is 2.43. The third-order valence-corrected chi connectivity index (χ3v) is 4.02. The van der Waals surface area contributed by atoms with Gasteiger partial charge in [-0.3, -0.25) is 0 Å². The fraction of sp³-hybridized carbons (Fsp3) is 1.00. The van der Waals surface area contributed by atoms with Crippen molar-refractivity contribution in [2.75, 3.05) is 18.9 Å². The van der Waals surface area contributed by atoms with Crippen LogP contribution in [0.15, 0.2) is 0 Å². The Balaban J connectivity index is 3.93. The standard InChI is InChI=1S/C10H22BrN/c1-6-9(2)7-12(5)10(3,4)8-11/h9H,6-8H2,1-5H3. The molecule has 1 nitrogen and oxygen atoms in total. The fourth-order valence-corrected chi connectivity index (χ4v) is 1.37. The second kappa shape index (κ2) is 5.23. The van der Waals surface area contributed by atoms with E-state index < -0.39 is 0 Å². The van der Waals surface area contributed by atoms with E-state index in [0.717, 1.165) is 11.2 Å². The second-order valence-electron chi connectivity index (χ2n) is 4.34. The van der Waals surface area contributed by atoms with E-state index in [0.29, 0.717) is 0 Å². The predicted octanol–water partition coefficient (Wildman–Crippen LogP) is 3.14. The topological polar surface area (TPSA) is 3.24 Å². The fourth-order valence-electron chi connectivity index (χ4n) is 0.946. The molecule has 0 rings (SSSR count). The highest BCUT2D eigenvalue weighted by atomic mass is 79.9. The molecule has 0 N–H and O–H groups in total. The molecule has 0 aromatic rings. The van der Waals surface area contributed by atoms with Crippen molar-refractivity contribution in [3.63, 3.8) is 0 Å². The smallest absolute Gasteiger partial charge is 0.0247 e. The highest BCUT2D eigenvalue weighted by Crippen LogP contribution is 2.17. The molecule has 0 aliphatic carbocycles. The van der Waals surface area contributed by atoms with Gasteiger partial charge >= 0.3 is 0 Å². The second-order valence-corrected chi connectivity index (χ2v) is 4.90. The molecule has 0 spiro atoms. The first-order valence-corrected chi connectivity index (χ1v) is 5.83. The van der Waals surface area contributed by atoms with E-state index in [1.807, 2.05) is 0 Å². The summed E-state index contributed by atoms with van der Waals surface area (Å²) in [5.74, 6) is 0.799. The Labute approximate surface area is 85.7 Å². The molecular formula is C10H22BrN. The van der Waals surface area contributed by atoms with E-state index in [2.05, 4.69) is 55.6 Å². The van der Waals surface area contributed by atoms with Crippen molar-refractivity contribution in [3.05, 3.63) is 0 Å². The van der Waals surface area contributed by atoms with Crippen LogP contribution in [0.4, 0.5) is 0 Å². The highest BCUT2D eigenvalue weighted by molar-refractivity contribution is 9.09. The van der Waals surface area contributed by atoms with Gasteiger partial charge in [0.05, 0.1) is 0 Å². The molecule has 0 fully saturated rings. The van der Waals surface area contributed by atoms with E-state index in [1.165, 1.54) is 13.0 Å². The Bertz CT molecular complexity index is 123. The average molecular weight is 236 g/mol. The summed E-state index contributed by atoms with van der Waals surface area (Å²) in [6.07, 6.45) is 1.27. The van der Waals surface area contributed by atoms with Gasteiger partial charge in [0.25, 0.3) is 0 Å². The Morgan fingerprint density at radius 2 is 1.92 bits per heavy atom. The highest BCUT2D eigenvalue weighted by Gasteiger charge is 2.22. The van der Waals surface area contributed by atoms with Crippen molar-refractivity contribution in [1.82, 2.24) is 4.90 Å². The van der Waals surface area contributed by atoms with Gasteiger partial charge in [0, 0.05) is 17.4 Å². The summed E-state index contributed by atoms with van der Waals surface area (Å²) in [5, 5.41) is 1.03. The quantitative estimate of drug-likeness (QED) is 0.663. The largest absolute Gasteiger partial charge is 0.300 e. The number of nitrogens with zero attached hydrogens (tertiary/aromatic N) is 1. The Hall–Kier alpha value is 0.440. The Morgan fingerprint density at radius 3 is 2.25 bits per heavy atom. The van der Waals surface area contributed by atoms with Crippen molar-refractivity contribution in [1.29, 1.82) is 0 Å². The van der Waals surface area contributed by atoms with Gasteiger partial charge < -0.3 is 4.90 Å². The van der Waals surface area contributed by atoms with Crippen molar-refractivity contribution in [3.8, 4) is 0 Å². The molecule has 74 valence electrons. The third kappa shape index (κ3) is 3.90. The lowest BCUT2D eigenvalue weighted by molar-refractivity contribution is 0.157. The van der Waals surface area contributed by atoms with Crippen molar-refractivity contribution in [2.24, 2.45) is 5.92 Å². The van der Waals surface area contributed by atoms with Crippen LogP contribution in [0.2, 0.25) is 0 Å². The molecule has 0 amide bonds. The maximum Gasteiger partial charge on any atom is 0.0247 e. The predicted molar refractivity (Wildman–Crippen MR) is 60.0 cm³/mol. The van der Waals surface area contributed by atoms with Crippen molar-refractivity contribution in [2.45, 2.75) is 39.7 Å². The lowest BCUT2D eigenvalue weighted by Gasteiger charge is -2.35. The monoisotopic (exact) mass is 235 g/mol. The lowest BCUT2D eigenvalue weighted by atomic mass is 10.0. The van der Waals surface area contributed by atoms with Gasteiger partial charge in [-0.15, -0.1) is 0 Å². The maximum atomic E-state index is 3.54. The number of hydrogen-bond acceptors (Lipinski definition) is 1. The summed E-state index contributed by atoms with van der Waals surface area (Å²) < 4.78 is 0. The van der Waals surface area contributed by atoms with E-state index in [1.54, 1.807) is 0 Å². The molecular weight excluding hydrogens is 214 g/mol. The molecule has 1 unspecified atom stereocenters. The van der Waals surface area contributed by atoms with Gasteiger partial charge in [-0.25, -0.2) is 0 Å². The summed E-state index contributed by atoms with van der Waals surface area (Å²) in [6.45, 7) is 10.3. The molecule has 1 atom stereocenters. The molecule has 0 heterocycles. The van der Waals surface area contributed by atoms with Crippen molar-refractivity contribution >= 4 is 15.9 Å². The molecule has 0 aliphatic rings. The summed E-state index contributed by atoms with van der Waals surface area (Å²) in [6, 6.07) is 0. The zero-order valence-electron chi connectivity index (χ0n) is 9.02. The molecule has 0 radical (unpaired) electrons.